The number of phenolic OH excluding ortho intramolecular Hbond substituents is 1. The topological polar surface area (TPSA) is 86.7 Å². The monoisotopic (exact) mass is 654 g/mol. The van der Waals surface area contributed by atoms with Crippen LogP contribution in [-0.4, -0.2) is 33.6 Å². The predicted molar refractivity (Wildman–Crippen MR) is 131 cm³/mol. The molecule has 1 heterocycles. The third-order valence-electron chi connectivity index (χ3n) is 3.99. The Morgan fingerprint density at radius 1 is 1.24 bits per heavy atom. The van der Waals surface area contributed by atoms with Gasteiger partial charge in [-0.05, 0) is 105 Å². The van der Waals surface area contributed by atoms with E-state index in [0.717, 1.165) is 22.2 Å². The minimum atomic E-state index is -0.531. The molecule has 0 saturated carbocycles. The van der Waals surface area contributed by atoms with Gasteiger partial charge < -0.3 is 10.4 Å². The van der Waals surface area contributed by atoms with E-state index in [2.05, 4.69) is 5.32 Å². The van der Waals surface area contributed by atoms with E-state index in [1.165, 1.54) is 0 Å². The van der Waals surface area contributed by atoms with Crippen LogP contribution in [0.15, 0.2) is 35.2 Å². The molecule has 3 rings (SSSR count). The number of anilines is 1. The molecule has 2 aromatic carbocycles. The van der Waals surface area contributed by atoms with Crippen LogP contribution in [0.4, 0.5) is 10.5 Å². The molecule has 10 heteroatoms. The molecule has 0 unspecified atom stereocenters. The van der Waals surface area contributed by atoms with Crippen molar-refractivity contribution in [3.63, 3.8) is 0 Å². The maximum Gasteiger partial charge on any atom is 0.294 e. The first-order chi connectivity index (χ1) is 13.7. The summed E-state index contributed by atoms with van der Waals surface area (Å²) < 4.78 is 1.27. The van der Waals surface area contributed by atoms with Crippen LogP contribution in [0, 0.1) is 14.1 Å². The molecule has 0 atom stereocenters. The highest BCUT2D eigenvalue weighted by molar-refractivity contribution is 14.1. The quantitative estimate of drug-likeness (QED) is 0.348. The predicted octanol–water partition coefficient (Wildman–Crippen LogP) is 5.24. The minimum Gasteiger partial charge on any atom is -0.506 e. The van der Waals surface area contributed by atoms with Gasteiger partial charge in [-0.15, -0.1) is 0 Å². The van der Waals surface area contributed by atoms with E-state index >= 15 is 0 Å². The molecule has 0 aliphatic carbocycles. The average Bonchev–Trinajstić information content (AvgIpc) is 2.90. The van der Waals surface area contributed by atoms with E-state index in [1.54, 1.807) is 36.4 Å². The van der Waals surface area contributed by atoms with Gasteiger partial charge in [-0.25, -0.2) is 0 Å². The summed E-state index contributed by atoms with van der Waals surface area (Å²) in [4.78, 5) is 38.4. The van der Waals surface area contributed by atoms with Crippen molar-refractivity contribution in [3.05, 3.63) is 58.5 Å². The zero-order valence-electron chi connectivity index (χ0n) is 14.8. The van der Waals surface area contributed by atoms with Crippen LogP contribution in [-0.2, 0) is 9.59 Å². The highest BCUT2D eigenvalue weighted by Crippen LogP contribution is 2.34. The number of hydrogen-bond donors (Lipinski definition) is 2. The summed E-state index contributed by atoms with van der Waals surface area (Å²) in [7, 11) is 0. The molecule has 0 bridgehead atoms. The van der Waals surface area contributed by atoms with Gasteiger partial charge in [0.1, 0.15) is 12.3 Å². The van der Waals surface area contributed by atoms with Crippen LogP contribution in [0.2, 0.25) is 5.02 Å². The Balaban J connectivity index is 1.75. The first kappa shape index (κ1) is 22.4. The fourth-order valence-electron chi connectivity index (χ4n) is 2.52. The number of phenols is 1. The average molecular weight is 655 g/mol. The van der Waals surface area contributed by atoms with Crippen molar-refractivity contribution in [1.82, 2.24) is 4.90 Å². The Labute approximate surface area is 203 Å². The molecular weight excluding hydrogens is 642 g/mol. The number of imide groups is 1. The molecule has 29 heavy (non-hydrogen) atoms. The molecule has 3 amide bonds. The maximum atomic E-state index is 12.6. The van der Waals surface area contributed by atoms with Gasteiger partial charge in [0, 0.05) is 10.7 Å². The highest BCUT2D eigenvalue weighted by Gasteiger charge is 2.36. The van der Waals surface area contributed by atoms with Crippen molar-refractivity contribution in [2.24, 2.45) is 0 Å². The minimum absolute atomic E-state index is 0.171. The van der Waals surface area contributed by atoms with Crippen LogP contribution in [0.3, 0.4) is 0 Å². The van der Waals surface area contributed by atoms with Gasteiger partial charge in [0.25, 0.3) is 11.1 Å². The smallest absolute Gasteiger partial charge is 0.294 e. The Kier molecular flexibility index (Phi) is 7.12. The van der Waals surface area contributed by atoms with Crippen LogP contribution < -0.4 is 5.32 Å². The first-order valence-electron chi connectivity index (χ1n) is 8.15. The number of benzene rings is 2. The number of carbonyl (C=O) groups is 3. The maximum absolute atomic E-state index is 12.6. The number of thioether (sulfide) groups is 1. The highest BCUT2D eigenvalue weighted by atomic mass is 127. The van der Waals surface area contributed by atoms with Gasteiger partial charge in [0.2, 0.25) is 5.91 Å². The van der Waals surface area contributed by atoms with E-state index < -0.39 is 23.6 Å². The number of hydrogen-bond acceptors (Lipinski definition) is 5. The molecule has 150 valence electrons. The Bertz CT molecular complexity index is 1050. The zero-order chi connectivity index (χ0) is 21.3. The molecule has 0 aromatic heterocycles. The van der Waals surface area contributed by atoms with Crippen LogP contribution in [0.5, 0.6) is 5.75 Å². The largest absolute Gasteiger partial charge is 0.506 e. The summed E-state index contributed by atoms with van der Waals surface area (Å²) in [5, 5.41) is 12.5. The number of nitrogens with one attached hydrogen (secondary N) is 1. The standard InChI is InChI=1S/C19H13ClI2N2O4S/c1-9-2-3-11(20)7-14(9)23-16(25)8-24-18(27)15(29-19(24)28)6-10-4-12(21)17(26)13(22)5-10/h2-7,26H,8H2,1H3,(H,23,25)/b15-6+. The second kappa shape index (κ2) is 9.23. The van der Waals surface area contributed by atoms with Crippen molar-refractivity contribution in [3.8, 4) is 5.75 Å². The van der Waals surface area contributed by atoms with Gasteiger partial charge in [0.05, 0.1) is 12.0 Å². The van der Waals surface area contributed by atoms with Crippen molar-refractivity contribution in [1.29, 1.82) is 0 Å². The molecular formula is C19H13ClI2N2O4S. The first-order valence-corrected chi connectivity index (χ1v) is 11.5. The molecule has 1 aliphatic heterocycles. The lowest BCUT2D eigenvalue weighted by molar-refractivity contribution is -0.127. The van der Waals surface area contributed by atoms with E-state index in [-0.39, 0.29) is 10.7 Å². The lowest BCUT2D eigenvalue weighted by Crippen LogP contribution is -2.36. The summed E-state index contributed by atoms with van der Waals surface area (Å²) in [5.41, 5.74) is 2.02. The summed E-state index contributed by atoms with van der Waals surface area (Å²) in [5.74, 6) is -0.854. The third kappa shape index (κ3) is 5.25. The molecule has 0 radical (unpaired) electrons. The van der Waals surface area contributed by atoms with Gasteiger partial charge in [-0.2, -0.15) is 0 Å². The summed E-state index contributed by atoms with van der Waals surface area (Å²) >= 11 is 10.7. The second-order valence-electron chi connectivity index (χ2n) is 6.11. The number of aryl methyl sites for hydroxylation is 1. The number of nitrogens with zero attached hydrogens (tertiary/aromatic N) is 1. The van der Waals surface area contributed by atoms with Crippen LogP contribution in [0.1, 0.15) is 11.1 Å². The molecule has 1 saturated heterocycles. The Hall–Kier alpha value is -1.31. The van der Waals surface area contributed by atoms with Gasteiger partial charge >= 0.3 is 0 Å². The molecule has 6 nitrogen and oxygen atoms in total. The second-order valence-corrected chi connectivity index (χ2v) is 9.86. The number of rotatable bonds is 4. The molecule has 2 N–H and O–H groups in total. The fourth-order valence-corrected chi connectivity index (χ4v) is 5.35. The van der Waals surface area contributed by atoms with Gasteiger partial charge in [-0.3, -0.25) is 19.3 Å². The van der Waals surface area contributed by atoms with E-state index in [1.807, 2.05) is 52.1 Å². The van der Waals surface area contributed by atoms with Crippen molar-refractivity contribution >= 4 is 97.4 Å². The lowest BCUT2D eigenvalue weighted by atomic mass is 10.2. The molecule has 0 spiro atoms. The number of amides is 3. The van der Waals surface area contributed by atoms with Gasteiger partial charge in [0.15, 0.2) is 0 Å². The van der Waals surface area contributed by atoms with Crippen molar-refractivity contribution in [2.75, 3.05) is 11.9 Å². The van der Waals surface area contributed by atoms with Crippen molar-refractivity contribution < 1.29 is 19.5 Å². The SMILES string of the molecule is Cc1ccc(Cl)cc1NC(=O)CN1C(=O)S/C(=C/c2cc(I)c(O)c(I)c2)C1=O. The summed E-state index contributed by atoms with van der Waals surface area (Å²) in [6.07, 6.45) is 1.58. The van der Waals surface area contributed by atoms with Gasteiger partial charge in [-0.1, -0.05) is 17.7 Å². The van der Waals surface area contributed by atoms with E-state index in [0.29, 0.717) is 23.4 Å². The normalized spacial score (nSPS) is 15.3. The number of aromatic hydroxyl groups is 1. The number of carbonyl (C=O) groups excluding carboxylic acids is 3. The fraction of sp³-hybridized carbons (Fsp3) is 0.105. The van der Waals surface area contributed by atoms with Crippen molar-refractivity contribution in [2.45, 2.75) is 6.92 Å². The van der Waals surface area contributed by atoms with Crippen LogP contribution >= 0.6 is 68.5 Å². The molecule has 1 fully saturated rings. The Morgan fingerprint density at radius 2 is 1.90 bits per heavy atom. The van der Waals surface area contributed by atoms with E-state index in [9.17, 15) is 19.5 Å². The molecule has 1 aliphatic rings. The third-order valence-corrected chi connectivity index (χ3v) is 6.77. The summed E-state index contributed by atoms with van der Waals surface area (Å²) in [6.45, 7) is 1.42. The van der Waals surface area contributed by atoms with Crippen LogP contribution in [0.25, 0.3) is 6.08 Å². The summed E-state index contributed by atoms with van der Waals surface area (Å²) in [6, 6.07) is 8.50. The number of halogens is 3. The Morgan fingerprint density at radius 3 is 2.55 bits per heavy atom. The zero-order valence-corrected chi connectivity index (χ0v) is 20.7. The lowest BCUT2D eigenvalue weighted by Gasteiger charge is -2.13. The van der Waals surface area contributed by atoms with E-state index in [4.69, 9.17) is 11.6 Å². The molecule has 2 aromatic rings.